The van der Waals surface area contributed by atoms with E-state index in [9.17, 15) is 14.4 Å². The molecule has 0 fully saturated rings. The van der Waals surface area contributed by atoms with Gasteiger partial charge >= 0.3 is 5.97 Å². The number of benzene rings is 2. The van der Waals surface area contributed by atoms with Crippen molar-refractivity contribution in [2.24, 2.45) is 11.8 Å². The second kappa shape index (κ2) is 10.9. The highest BCUT2D eigenvalue weighted by atomic mass is 16.5. The SMILES string of the molecule is COC(=O)[C@H](CC(C)C)NC(=O)CC1CCc2cc(OCc3ccccc3)ccc2C1=O. The maximum atomic E-state index is 13.0. The number of ketones is 1. The van der Waals surface area contributed by atoms with E-state index in [0.29, 0.717) is 31.4 Å². The molecule has 6 nitrogen and oxygen atoms in total. The van der Waals surface area contributed by atoms with E-state index in [1.54, 1.807) is 12.1 Å². The Morgan fingerprint density at radius 2 is 1.88 bits per heavy atom. The van der Waals surface area contributed by atoms with E-state index < -0.39 is 17.9 Å². The number of carbonyl (C=O) groups excluding carboxylic acids is 3. The van der Waals surface area contributed by atoms with Gasteiger partial charge in [-0.15, -0.1) is 0 Å². The van der Waals surface area contributed by atoms with Gasteiger partial charge in [0.05, 0.1) is 7.11 Å². The van der Waals surface area contributed by atoms with Crippen LogP contribution in [0.4, 0.5) is 0 Å². The van der Waals surface area contributed by atoms with Crippen LogP contribution in [-0.2, 0) is 27.4 Å². The molecule has 0 aliphatic heterocycles. The van der Waals surface area contributed by atoms with Crippen LogP contribution in [0.5, 0.6) is 5.75 Å². The Morgan fingerprint density at radius 3 is 2.56 bits per heavy atom. The van der Waals surface area contributed by atoms with Crippen molar-refractivity contribution in [2.75, 3.05) is 7.11 Å². The van der Waals surface area contributed by atoms with E-state index >= 15 is 0 Å². The summed E-state index contributed by atoms with van der Waals surface area (Å²) in [5.74, 6) is -0.237. The highest BCUT2D eigenvalue weighted by Crippen LogP contribution is 2.30. The van der Waals surface area contributed by atoms with Gasteiger partial charge in [-0.3, -0.25) is 9.59 Å². The second-order valence-corrected chi connectivity index (χ2v) is 8.67. The summed E-state index contributed by atoms with van der Waals surface area (Å²) in [6, 6.07) is 14.7. The summed E-state index contributed by atoms with van der Waals surface area (Å²) >= 11 is 0. The van der Waals surface area contributed by atoms with Crippen LogP contribution in [0, 0.1) is 11.8 Å². The Balaban J connectivity index is 1.60. The minimum absolute atomic E-state index is 0.0329. The van der Waals surface area contributed by atoms with Crippen molar-refractivity contribution in [1.82, 2.24) is 5.32 Å². The molecule has 0 radical (unpaired) electrons. The number of carbonyl (C=O) groups is 3. The normalized spacial score (nSPS) is 16.2. The molecule has 1 aliphatic rings. The van der Waals surface area contributed by atoms with E-state index in [4.69, 9.17) is 9.47 Å². The van der Waals surface area contributed by atoms with Crippen LogP contribution in [0.2, 0.25) is 0 Å². The average Bonchev–Trinajstić information content (AvgIpc) is 2.79. The van der Waals surface area contributed by atoms with Gasteiger partial charge < -0.3 is 14.8 Å². The molecule has 2 aromatic rings. The first-order chi connectivity index (χ1) is 15.4. The molecule has 170 valence electrons. The largest absolute Gasteiger partial charge is 0.489 e. The van der Waals surface area contributed by atoms with Crippen LogP contribution in [0.3, 0.4) is 0 Å². The summed E-state index contributed by atoms with van der Waals surface area (Å²) in [4.78, 5) is 37.5. The maximum absolute atomic E-state index is 13.0. The molecular formula is C26H31NO5. The minimum atomic E-state index is -0.692. The third-order valence-electron chi connectivity index (χ3n) is 5.68. The Kier molecular flexibility index (Phi) is 8.03. The molecule has 0 bridgehead atoms. The van der Waals surface area contributed by atoms with Gasteiger partial charge in [-0.1, -0.05) is 44.2 Å². The van der Waals surface area contributed by atoms with Crippen molar-refractivity contribution in [2.45, 2.75) is 52.2 Å². The first-order valence-electron chi connectivity index (χ1n) is 11.1. The summed E-state index contributed by atoms with van der Waals surface area (Å²) in [5.41, 5.74) is 2.67. The fraction of sp³-hybridized carbons (Fsp3) is 0.423. The molecule has 0 saturated heterocycles. The molecule has 6 heteroatoms. The molecule has 0 spiro atoms. The topological polar surface area (TPSA) is 81.7 Å². The number of amides is 1. The highest BCUT2D eigenvalue weighted by Gasteiger charge is 2.31. The van der Waals surface area contributed by atoms with Crippen LogP contribution in [0.1, 0.15) is 54.6 Å². The molecule has 1 amide bonds. The second-order valence-electron chi connectivity index (χ2n) is 8.67. The zero-order valence-electron chi connectivity index (χ0n) is 18.9. The van der Waals surface area contributed by atoms with Crippen molar-refractivity contribution in [3.8, 4) is 5.75 Å². The van der Waals surface area contributed by atoms with Crippen LogP contribution < -0.4 is 10.1 Å². The predicted octanol–water partition coefficient (Wildman–Crippen LogP) is 4.10. The first-order valence-corrected chi connectivity index (χ1v) is 11.1. The lowest BCUT2D eigenvalue weighted by Crippen LogP contribution is -2.43. The number of Topliss-reactive ketones (excluding diaryl/α,β-unsaturated/α-hetero) is 1. The van der Waals surface area contributed by atoms with Crippen molar-refractivity contribution in [1.29, 1.82) is 0 Å². The number of rotatable bonds is 9. The molecule has 0 heterocycles. The summed E-state index contributed by atoms with van der Waals surface area (Å²) in [6.07, 6.45) is 1.85. The summed E-state index contributed by atoms with van der Waals surface area (Å²) in [6.45, 7) is 4.41. The van der Waals surface area contributed by atoms with Gasteiger partial charge in [0.2, 0.25) is 5.91 Å². The van der Waals surface area contributed by atoms with Crippen molar-refractivity contribution < 1.29 is 23.9 Å². The molecule has 0 aromatic heterocycles. The van der Waals surface area contributed by atoms with Crippen molar-refractivity contribution in [3.63, 3.8) is 0 Å². The minimum Gasteiger partial charge on any atom is -0.489 e. The quantitative estimate of drug-likeness (QED) is 0.597. The average molecular weight is 438 g/mol. The molecule has 1 N–H and O–H groups in total. The number of esters is 1. The lowest BCUT2D eigenvalue weighted by molar-refractivity contribution is -0.145. The van der Waals surface area contributed by atoms with E-state index in [-0.39, 0.29) is 24.0 Å². The fourth-order valence-electron chi connectivity index (χ4n) is 4.03. The zero-order valence-corrected chi connectivity index (χ0v) is 18.9. The van der Waals surface area contributed by atoms with Gasteiger partial charge in [-0.2, -0.15) is 0 Å². The van der Waals surface area contributed by atoms with Gasteiger partial charge in [0.1, 0.15) is 18.4 Å². The Bertz CT molecular complexity index is 954. The molecule has 2 atom stereocenters. The van der Waals surface area contributed by atoms with Crippen LogP contribution in [0.25, 0.3) is 0 Å². The number of hydrogen-bond acceptors (Lipinski definition) is 5. The molecule has 1 unspecified atom stereocenters. The molecule has 2 aromatic carbocycles. The lowest BCUT2D eigenvalue weighted by Gasteiger charge is -2.25. The molecule has 32 heavy (non-hydrogen) atoms. The zero-order chi connectivity index (χ0) is 23.1. The van der Waals surface area contributed by atoms with E-state index in [0.717, 1.165) is 16.9 Å². The smallest absolute Gasteiger partial charge is 0.328 e. The first kappa shape index (κ1) is 23.5. The van der Waals surface area contributed by atoms with E-state index in [1.807, 2.05) is 50.2 Å². The van der Waals surface area contributed by atoms with E-state index in [1.165, 1.54) is 7.11 Å². The number of ether oxygens (including phenoxy) is 2. The van der Waals surface area contributed by atoms with Crippen LogP contribution in [0.15, 0.2) is 48.5 Å². The standard InChI is InChI=1S/C26H31NO5/c1-17(2)13-23(26(30)31-3)27-24(28)15-20-10-9-19-14-21(11-12-22(19)25(20)29)32-16-18-7-5-4-6-8-18/h4-8,11-12,14,17,20,23H,9-10,13,15-16H2,1-3H3,(H,27,28)/t20?,23-/m0/s1. The number of methoxy groups -OCH3 is 1. The summed E-state index contributed by atoms with van der Waals surface area (Å²) in [5, 5.41) is 2.75. The van der Waals surface area contributed by atoms with Crippen LogP contribution >= 0.6 is 0 Å². The fourth-order valence-corrected chi connectivity index (χ4v) is 4.03. The van der Waals surface area contributed by atoms with Gasteiger partial charge in [0.25, 0.3) is 0 Å². The third kappa shape index (κ3) is 6.19. The molecule has 0 saturated carbocycles. The predicted molar refractivity (Wildman–Crippen MR) is 121 cm³/mol. The molecular weight excluding hydrogens is 406 g/mol. The third-order valence-corrected chi connectivity index (χ3v) is 5.68. The Labute approximate surface area is 189 Å². The monoisotopic (exact) mass is 437 g/mol. The molecule has 1 aliphatic carbocycles. The Morgan fingerprint density at radius 1 is 1.12 bits per heavy atom. The van der Waals surface area contributed by atoms with Gasteiger partial charge in [-0.05, 0) is 54.5 Å². The number of nitrogens with one attached hydrogen (secondary N) is 1. The van der Waals surface area contributed by atoms with Crippen molar-refractivity contribution in [3.05, 3.63) is 65.2 Å². The number of aryl methyl sites for hydroxylation is 1. The maximum Gasteiger partial charge on any atom is 0.328 e. The number of fused-ring (bicyclic) bond motifs is 1. The summed E-state index contributed by atoms with van der Waals surface area (Å²) in [7, 11) is 1.31. The Hall–Kier alpha value is -3.15. The van der Waals surface area contributed by atoms with Gasteiger partial charge in [0.15, 0.2) is 5.78 Å². The molecule has 3 rings (SSSR count). The highest BCUT2D eigenvalue weighted by molar-refractivity contribution is 6.02. The van der Waals surface area contributed by atoms with Crippen molar-refractivity contribution >= 4 is 17.7 Å². The number of hydrogen-bond donors (Lipinski definition) is 1. The van der Waals surface area contributed by atoms with Crippen LogP contribution in [-0.4, -0.2) is 30.8 Å². The lowest BCUT2D eigenvalue weighted by atomic mass is 9.81. The summed E-state index contributed by atoms with van der Waals surface area (Å²) < 4.78 is 10.7. The van der Waals surface area contributed by atoms with Gasteiger partial charge in [-0.25, -0.2) is 4.79 Å². The van der Waals surface area contributed by atoms with Gasteiger partial charge in [0, 0.05) is 17.9 Å². The van der Waals surface area contributed by atoms with E-state index in [2.05, 4.69) is 5.32 Å².